The first kappa shape index (κ1) is 15.2. The summed E-state index contributed by atoms with van der Waals surface area (Å²) in [7, 11) is 0. The van der Waals surface area contributed by atoms with Crippen molar-refractivity contribution in [3.8, 4) is 0 Å². The van der Waals surface area contributed by atoms with Gasteiger partial charge in [0.25, 0.3) is 0 Å². The summed E-state index contributed by atoms with van der Waals surface area (Å²) in [6.45, 7) is 6.33. The van der Waals surface area contributed by atoms with E-state index in [1.807, 2.05) is 0 Å². The molecule has 0 fully saturated rings. The van der Waals surface area contributed by atoms with Crippen LogP contribution in [0.25, 0.3) is 0 Å². The Morgan fingerprint density at radius 3 is 2.50 bits per heavy atom. The first-order valence-corrected chi connectivity index (χ1v) is 5.31. The molecule has 4 N–H and O–H groups in total. The molecule has 6 heteroatoms. The minimum absolute atomic E-state index is 0.271. The lowest BCUT2D eigenvalue weighted by Gasteiger charge is -2.19. The molecule has 0 saturated carbocycles. The molecular weight excluding hydrogens is 212 g/mol. The second-order valence-corrected chi connectivity index (χ2v) is 4.47. The predicted molar refractivity (Wildman–Crippen MR) is 60.2 cm³/mol. The van der Waals surface area contributed by atoms with E-state index in [2.05, 4.69) is 10.6 Å². The fourth-order valence-electron chi connectivity index (χ4n) is 0.900. The zero-order valence-corrected chi connectivity index (χ0v) is 10.1. The summed E-state index contributed by atoms with van der Waals surface area (Å²) in [6, 6.07) is 0. The highest BCUT2D eigenvalue weighted by Crippen LogP contribution is 2.05. The summed E-state index contributed by atoms with van der Waals surface area (Å²) in [4.78, 5) is 11.2. The number of aliphatic hydroxyl groups excluding tert-OH is 2. The van der Waals surface area contributed by atoms with E-state index in [4.69, 9.17) is 14.9 Å². The molecule has 0 rings (SSSR count). The molecule has 0 aliphatic carbocycles. The van der Waals surface area contributed by atoms with Crippen LogP contribution in [0.2, 0.25) is 0 Å². The molecule has 16 heavy (non-hydrogen) atoms. The van der Waals surface area contributed by atoms with E-state index in [0.29, 0.717) is 19.6 Å². The highest BCUT2D eigenvalue weighted by atomic mass is 16.6. The van der Waals surface area contributed by atoms with Gasteiger partial charge in [-0.1, -0.05) is 0 Å². The van der Waals surface area contributed by atoms with Crippen molar-refractivity contribution in [2.24, 2.45) is 0 Å². The molecule has 1 amide bonds. The highest BCUT2D eigenvalue weighted by molar-refractivity contribution is 5.67. The lowest BCUT2D eigenvalue weighted by molar-refractivity contribution is 0.0527. The Kier molecular flexibility index (Phi) is 7.03. The van der Waals surface area contributed by atoms with Gasteiger partial charge in [-0.25, -0.2) is 4.79 Å². The lowest BCUT2D eigenvalue weighted by Crippen LogP contribution is -2.38. The minimum atomic E-state index is -0.762. The molecule has 0 aromatic carbocycles. The van der Waals surface area contributed by atoms with Gasteiger partial charge in [0.15, 0.2) is 0 Å². The van der Waals surface area contributed by atoms with Crippen molar-refractivity contribution in [3.05, 3.63) is 0 Å². The zero-order chi connectivity index (χ0) is 12.6. The predicted octanol–water partition coefficient (Wildman–Crippen LogP) is -0.546. The van der Waals surface area contributed by atoms with Crippen molar-refractivity contribution in [2.75, 3.05) is 26.2 Å². The maximum atomic E-state index is 11.2. The van der Waals surface area contributed by atoms with Crippen LogP contribution < -0.4 is 10.6 Å². The van der Waals surface area contributed by atoms with E-state index < -0.39 is 17.8 Å². The summed E-state index contributed by atoms with van der Waals surface area (Å²) < 4.78 is 5.02. The van der Waals surface area contributed by atoms with Crippen molar-refractivity contribution in [1.29, 1.82) is 0 Å². The number of carbonyl (C=O) groups excluding carboxylic acids is 1. The van der Waals surface area contributed by atoms with Crippen LogP contribution in [0.15, 0.2) is 0 Å². The Morgan fingerprint density at radius 1 is 1.38 bits per heavy atom. The number of carbonyl (C=O) groups is 1. The van der Waals surface area contributed by atoms with Gasteiger partial charge >= 0.3 is 6.09 Å². The van der Waals surface area contributed by atoms with E-state index in [1.165, 1.54) is 0 Å². The first-order valence-electron chi connectivity index (χ1n) is 5.31. The van der Waals surface area contributed by atoms with Crippen LogP contribution >= 0.6 is 0 Å². The van der Waals surface area contributed by atoms with Gasteiger partial charge in [0.1, 0.15) is 5.60 Å². The fraction of sp³-hybridized carbons (Fsp3) is 0.900. The number of ether oxygens (including phenoxy) is 1. The Hall–Kier alpha value is -0.850. The van der Waals surface area contributed by atoms with Crippen LogP contribution in [0.1, 0.15) is 20.8 Å². The molecule has 96 valence electrons. The largest absolute Gasteiger partial charge is 0.444 e. The van der Waals surface area contributed by atoms with Gasteiger partial charge in [0, 0.05) is 19.6 Å². The Morgan fingerprint density at radius 2 is 2.00 bits per heavy atom. The quantitative estimate of drug-likeness (QED) is 0.463. The van der Waals surface area contributed by atoms with E-state index in [0.717, 1.165) is 0 Å². The standard InChI is InChI=1S/C10H22N2O4/c1-10(2,3)16-9(15)12-5-4-11-6-8(14)7-13/h8,11,13-14H,4-7H2,1-3H3,(H,12,15). The summed E-state index contributed by atoms with van der Waals surface area (Å²) in [5.74, 6) is 0. The first-order chi connectivity index (χ1) is 7.35. The van der Waals surface area contributed by atoms with Crippen molar-refractivity contribution in [2.45, 2.75) is 32.5 Å². The number of hydrogen-bond donors (Lipinski definition) is 4. The third-order valence-electron chi connectivity index (χ3n) is 1.56. The summed E-state index contributed by atoms with van der Waals surface area (Å²) >= 11 is 0. The zero-order valence-electron chi connectivity index (χ0n) is 10.1. The number of hydrogen-bond acceptors (Lipinski definition) is 5. The number of alkyl carbamates (subject to hydrolysis) is 1. The van der Waals surface area contributed by atoms with Crippen LogP contribution in [0.4, 0.5) is 4.79 Å². The molecule has 0 spiro atoms. The van der Waals surface area contributed by atoms with Crippen LogP contribution in [0.3, 0.4) is 0 Å². The molecule has 0 bridgehead atoms. The SMILES string of the molecule is CC(C)(C)OC(=O)NCCNCC(O)CO. The average molecular weight is 234 g/mol. The molecule has 0 heterocycles. The normalized spacial score (nSPS) is 13.3. The summed E-state index contributed by atoms with van der Waals surface area (Å²) in [5, 5.41) is 23.0. The Balaban J connectivity index is 3.42. The van der Waals surface area contributed by atoms with Crippen molar-refractivity contribution in [1.82, 2.24) is 10.6 Å². The lowest BCUT2D eigenvalue weighted by atomic mass is 10.2. The maximum absolute atomic E-state index is 11.2. The van der Waals surface area contributed by atoms with Crippen LogP contribution in [0, 0.1) is 0 Å². The highest BCUT2D eigenvalue weighted by Gasteiger charge is 2.15. The molecule has 0 aromatic rings. The van der Waals surface area contributed by atoms with Gasteiger partial charge in [0.2, 0.25) is 0 Å². The molecular formula is C10H22N2O4. The topological polar surface area (TPSA) is 90.8 Å². The molecule has 6 nitrogen and oxygen atoms in total. The average Bonchev–Trinajstić information content (AvgIpc) is 2.14. The monoisotopic (exact) mass is 234 g/mol. The third kappa shape index (κ3) is 9.70. The number of nitrogens with one attached hydrogen (secondary N) is 2. The van der Waals surface area contributed by atoms with Gasteiger partial charge in [-0.15, -0.1) is 0 Å². The number of rotatable bonds is 6. The van der Waals surface area contributed by atoms with E-state index in [-0.39, 0.29) is 6.61 Å². The molecule has 0 radical (unpaired) electrons. The molecule has 0 saturated heterocycles. The summed E-state index contributed by atoms with van der Waals surface area (Å²) in [5.41, 5.74) is -0.495. The fourth-order valence-corrected chi connectivity index (χ4v) is 0.900. The summed E-state index contributed by atoms with van der Waals surface area (Å²) in [6.07, 6.45) is -1.22. The van der Waals surface area contributed by atoms with Gasteiger partial charge in [-0.05, 0) is 20.8 Å². The molecule has 1 atom stereocenters. The molecule has 0 aliphatic rings. The number of aliphatic hydroxyl groups is 2. The van der Waals surface area contributed by atoms with Crippen molar-refractivity contribution in [3.63, 3.8) is 0 Å². The molecule has 0 aliphatic heterocycles. The van der Waals surface area contributed by atoms with Gasteiger partial charge < -0.3 is 25.6 Å². The van der Waals surface area contributed by atoms with E-state index >= 15 is 0 Å². The molecule has 1 unspecified atom stereocenters. The smallest absolute Gasteiger partial charge is 0.407 e. The Bertz CT molecular complexity index is 203. The minimum Gasteiger partial charge on any atom is -0.444 e. The van der Waals surface area contributed by atoms with Gasteiger partial charge in [-0.2, -0.15) is 0 Å². The second-order valence-electron chi connectivity index (χ2n) is 4.47. The Labute approximate surface area is 96.0 Å². The second kappa shape index (κ2) is 7.43. The van der Waals surface area contributed by atoms with Crippen LogP contribution in [-0.4, -0.2) is 54.3 Å². The third-order valence-corrected chi connectivity index (χ3v) is 1.56. The van der Waals surface area contributed by atoms with Crippen LogP contribution in [0.5, 0.6) is 0 Å². The molecule has 0 aromatic heterocycles. The number of amides is 1. The van der Waals surface area contributed by atoms with Crippen molar-refractivity contribution < 1.29 is 19.7 Å². The van der Waals surface area contributed by atoms with E-state index in [9.17, 15) is 4.79 Å². The van der Waals surface area contributed by atoms with Crippen LogP contribution in [-0.2, 0) is 4.74 Å². The van der Waals surface area contributed by atoms with Gasteiger partial charge in [0.05, 0.1) is 12.7 Å². The van der Waals surface area contributed by atoms with Crippen molar-refractivity contribution >= 4 is 6.09 Å². The maximum Gasteiger partial charge on any atom is 0.407 e. The van der Waals surface area contributed by atoms with Gasteiger partial charge in [-0.3, -0.25) is 0 Å². The van der Waals surface area contributed by atoms with E-state index in [1.54, 1.807) is 20.8 Å².